The summed E-state index contributed by atoms with van der Waals surface area (Å²) in [7, 11) is 0. The summed E-state index contributed by atoms with van der Waals surface area (Å²) in [6.07, 6.45) is -3.54. The first-order valence-corrected chi connectivity index (χ1v) is 9.61. The zero-order chi connectivity index (χ0) is 19.6. The molecule has 7 heteroatoms. The number of ketones is 1. The highest BCUT2D eigenvalue weighted by Crippen LogP contribution is 2.21. The predicted molar refractivity (Wildman–Crippen MR) is 105 cm³/mol. The summed E-state index contributed by atoms with van der Waals surface area (Å²) in [5, 5.41) is 0. The van der Waals surface area contributed by atoms with E-state index in [9.17, 15) is 18.0 Å². The topological polar surface area (TPSA) is 43.1 Å². The molecule has 0 atom stereocenters. The minimum Gasteiger partial charge on any atom is -0.330 e. The number of benzene rings is 2. The molecule has 0 saturated carbocycles. The van der Waals surface area contributed by atoms with Crippen molar-refractivity contribution in [3.63, 3.8) is 0 Å². The largest absolute Gasteiger partial charge is 0.449 e. The van der Waals surface area contributed by atoms with E-state index < -0.39 is 18.4 Å². The molecule has 2 aromatic rings. The van der Waals surface area contributed by atoms with Gasteiger partial charge in [-0.25, -0.2) is 0 Å². The second-order valence-corrected chi connectivity index (χ2v) is 7.20. The molecule has 0 unspecified atom stereocenters. The van der Waals surface area contributed by atoms with Crippen molar-refractivity contribution >= 4 is 37.6 Å². The van der Waals surface area contributed by atoms with Crippen LogP contribution in [0, 0.1) is 0 Å². The molecule has 0 spiro atoms. The molecule has 26 heavy (non-hydrogen) atoms. The summed E-state index contributed by atoms with van der Waals surface area (Å²) < 4.78 is 37.7. The number of carbonyl (C=O) groups is 1. The fourth-order valence-corrected chi connectivity index (χ4v) is 3.10. The Balaban J connectivity index is 0.000000289. The third-order valence-corrected chi connectivity index (χ3v) is 5.04. The summed E-state index contributed by atoms with van der Waals surface area (Å²) >= 11 is 6.74. The minimum atomic E-state index is -4.70. The Kier molecular flexibility index (Phi) is 10.1. The van der Waals surface area contributed by atoms with Crippen molar-refractivity contribution < 1.29 is 18.0 Å². The summed E-state index contributed by atoms with van der Waals surface area (Å²) in [6.45, 7) is 0.711. The maximum absolute atomic E-state index is 11.9. The Morgan fingerprint density at radius 1 is 0.885 bits per heavy atom. The van der Waals surface area contributed by atoms with E-state index in [1.165, 1.54) is 5.56 Å². The highest BCUT2D eigenvalue weighted by molar-refractivity contribution is 9.10. The third-order valence-electron chi connectivity index (χ3n) is 3.50. The van der Waals surface area contributed by atoms with Crippen molar-refractivity contribution in [3.8, 4) is 0 Å². The highest BCUT2D eigenvalue weighted by Gasteiger charge is 2.37. The Labute approximate surface area is 168 Å². The van der Waals surface area contributed by atoms with Crippen LogP contribution in [-0.2, 0) is 17.6 Å². The smallest absolute Gasteiger partial charge is 0.330 e. The van der Waals surface area contributed by atoms with Crippen LogP contribution >= 0.6 is 31.9 Å². The maximum Gasteiger partial charge on any atom is 0.449 e. The van der Waals surface area contributed by atoms with Crippen LogP contribution in [0.4, 0.5) is 13.2 Å². The fourth-order valence-electron chi connectivity index (χ4n) is 2.14. The van der Waals surface area contributed by atoms with Gasteiger partial charge < -0.3 is 5.73 Å². The van der Waals surface area contributed by atoms with Crippen molar-refractivity contribution in [2.24, 2.45) is 5.73 Å². The molecule has 0 saturated heterocycles. The average molecular weight is 495 g/mol. The van der Waals surface area contributed by atoms with E-state index >= 15 is 0 Å². The number of nitrogens with two attached hydrogens (primary N) is 1. The zero-order valence-electron chi connectivity index (χ0n) is 14.0. The van der Waals surface area contributed by atoms with Gasteiger partial charge in [0.25, 0.3) is 0 Å². The summed E-state index contributed by atoms with van der Waals surface area (Å²) in [4.78, 5) is 10.6. The van der Waals surface area contributed by atoms with Gasteiger partial charge in [-0.2, -0.15) is 13.2 Å². The molecule has 0 aliphatic heterocycles. The molecule has 0 fully saturated rings. The van der Waals surface area contributed by atoms with Crippen molar-refractivity contribution in [2.45, 2.75) is 31.9 Å². The van der Waals surface area contributed by atoms with E-state index in [0.29, 0.717) is 13.0 Å². The number of hydrogen-bond donors (Lipinski definition) is 1. The monoisotopic (exact) mass is 493 g/mol. The molecule has 0 bridgehead atoms. The molecule has 2 nitrogen and oxygen atoms in total. The van der Waals surface area contributed by atoms with E-state index in [1.54, 1.807) is 0 Å². The number of Topliss-reactive ketones (excluding diaryl/α,β-unsaturated/α-hetero) is 1. The van der Waals surface area contributed by atoms with Gasteiger partial charge in [0, 0.05) is 15.4 Å². The van der Waals surface area contributed by atoms with Crippen LogP contribution in [0.25, 0.3) is 0 Å². The van der Waals surface area contributed by atoms with Gasteiger partial charge in [-0.1, -0.05) is 68.3 Å². The molecule has 2 N–H and O–H groups in total. The molecular weight excluding hydrogens is 475 g/mol. The lowest BCUT2D eigenvalue weighted by molar-refractivity contribution is -0.171. The van der Waals surface area contributed by atoms with Gasteiger partial charge in [0.05, 0.1) is 0 Å². The first kappa shape index (κ1) is 22.9. The van der Waals surface area contributed by atoms with E-state index in [-0.39, 0.29) is 6.42 Å². The second kappa shape index (κ2) is 11.5. The Bertz CT molecular complexity index is 705. The quantitative estimate of drug-likeness (QED) is 0.547. The molecule has 2 aromatic carbocycles. The van der Waals surface area contributed by atoms with Crippen molar-refractivity contribution in [1.82, 2.24) is 0 Å². The minimum absolute atomic E-state index is 0.209. The molecule has 0 aromatic heterocycles. The molecular formula is C19H20Br2F3NO. The van der Waals surface area contributed by atoms with E-state index in [0.717, 1.165) is 20.9 Å². The van der Waals surface area contributed by atoms with Gasteiger partial charge in [0.1, 0.15) is 0 Å². The van der Waals surface area contributed by atoms with Crippen molar-refractivity contribution in [2.75, 3.05) is 6.54 Å². The third kappa shape index (κ3) is 8.47. The van der Waals surface area contributed by atoms with Crippen LogP contribution in [0.3, 0.4) is 0 Å². The second-order valence-electron chi connectivity index (χ2n) is 5.50. The SMILES string of the molecule is NCCc1ccccc1Br.O=C(CCCc1ccccc1Br)C(F)(F)F. The highest BCUT2D eigenvalue weighted by atomic mass is 79.9. The van der Waals surface area contributed by atoms with Gasteiger partial charge in [0.15, 0.2) is 0 Å². The van der Waals surface area contributed by atoms with Crippen molar-refractivity contribution in [3.05, 3.63) is 68.6 Å². The molecule has 2 rings (SSSR count). The molecule has 0 heterocycles. The lowest BCUT2D eigenvalue weighted by Gasteiger charge is -2.06. The molecule has 0 amide bonds. The first-order chi connectivity index (χ1) is 12.3. The predicted octanol–water partition coefficient (Wildman–Crippen LogP) is 5.85. The lowest BCUT2D eigenvalue weighted by Crippen LogP contribution is -2.22. The van der Waals surface area contributed by atoms with Crippen LogP contribution in [0.15, 0.2) is 57.5 Å². The van der Waals surface area contributed by atoms with Gasteiger partial charge in [-0.3, -0.25) is 4.79 Å². The maximum atomic E-state index is 11.9. The number of hydrogen-bond acceptors (Lipinski definition) is 2. The average Bonchev–Trinajstić information content (AvgIpc) is 2.58. The number of halogens is 5. The van der Waals surface area contributed by atoms with E-state index in [4.69, 9.17) is 5.73 Å². The molecule has 0 aliphatic carbocycles. The molecule has 0 radical (unpaired) electrons. The lowest BCUT2D eigenvalue weighted by atomic mass is 10.1. The van der Waals surface area contributed by atoms with Crippen molar-refractivity contribution in [1.29, 1.82) is 0 Å². The van der Waals surface area contributed by atoms with Crippen LogP contribution in [-0.4, -0.2) is 18.5 Å². The Morgan fingerprint density at radius 3 is 1.77 bits per heavy atom. The Morgan fingerprint density at radius 2 is 1.35 bits per heavy atom. The summed E-state index contributed by atoms with van der Waals surface area (Å²) in [5.41, 5.74) is 7.61. The van der Waals surface area contributed by atoms with E-state index in [2.05, 4.69) is 37.9 Å². The van der Waals surface area contributed by atoms with Crippen LogP contribution < -0.4 is 5.73 Å². The van der Waals surface area contributed by atoms with Gasteiger partial charge in [-0.15, -0.1) is 0 Å². The van der Waals surface area contributed by atoms with Gasteiger partial charge >= 0.3 is 6.18 Å². The number of alkyl halides is 3. The first-order valence-electron chi connectivity index (χ1n) is 8.02. The summed E-state index contributed by atoms with van der Waals surface area (Å²) in [6, 6.07) is 15.4. The standard InChI is InChI=1S/C11H10BrF3O.C8H10BrN/c12-9-6-2-1-4-8(9)5-3-7-10(16)11(13,14)15;9-8-4-2-1-3-7(8)5-6-10/h1-2,4,6H,3,5,7H2;1-4H,5-6,10H2. The fraction of sp³-hybridized carbons (Fsp3) is 0.316. The number of aryl methyl sites for hydroxylation is 1. The number of carbonyl (C=O) groups excluding carboxylic acids is 1. The normalized spacial score (nSPS) is 10.8. The van der Waals surface area contributed by atoms with E-state index in [1.807, 2.05) is 42.5 Å². The molecule has 142 valence electrons. The van der Waals surface area contributed by atoms with Crippen LogP contribution in [0.1, 0.15) is 24.0 Å². The number of rotatable bonds is 6. The Hall–Kier alpha value is -1.18. The van der Waals surface area contributed by atoms with Gasteiger partial charge in [-0.05, 0) is 49.1 Å². The van der Waals surface area contributed by atoms with Crippen LogP contribution in [0.5, 0.6) is 0 Å². The zero-order valence-corrected chi connectivity index (χ0v) is 17.2. The summed E-state index contributed by atoms with van der Waals surface area (Å²) in [5.74, 6) is -1.65. The van der Waals surface area contributed by atoms with Crippen LogP contribution in [0.2, 0.25) is 0 Å². The van der Waals surface area contributed by atoms with Gasteiger partial charge in [0.2, 0.25) is 5.78 Å². The molecule has 0 aliphatic rings.